The second-order valence-electron chi connectivity index (χ2n) is 7.41. The van der Waals surface area contributed by atoms with Crippen LogP contribution in [0.15, 0.2) is 41.3 Å². The van der Waals surface area contributed by atoms with E-state index in [4.69, 9.17) is 26.8 Å². The quantitative estimate of drug-likeness (QED) is 0.409. The lowest BCUT2D eigenvalue weighted by Gasteiger charge is -2.14. The van der Waals surface area contributed by atoms with Gasteiger partial charge in [0.2, 0.25) is 0 Å². The summed E-state index contributed by atoms with van der Waals surface area (Å²) in [5.74, 6) is 0.464. The maximum atomic E-state index is 12.7. The summed E-state index contributed by atoms with van der Waals surface area (Å²) in [5, 5.41) is 8.81. The fraction of sp³-hybridized carbons (Fsp3) is 0.292. The van der Waals surface area contributed by atoms with Gasteiger partial charge in [-0.25, -0.2) is 0 Å². The van der Waals surface area contributed by atoms with Crippen molar-refractivity contribution >= 4 is 46.3 Å². The molecule has 1 amide bonds. The number of carboxylic acid groups (broad SMARTS) is 1. The maximum Gasteiger partial charge on any atom is 0.303 e. The first-order valence-electron chi connectivity index (χ1n) is 10.1. The van der Waals surface area contributed by atoms with Gasteiger partial charge in [0.05, 0.1) is 12.0 Å². The molecule has 0 atom stereocenters. The lowest BCUT2D eigenvalue weighted by molar-refractivity contribution is -0.137. The number of benzene rings is 2. The Balaban J connectivity index is 1.77. The number of thioether (sulfide) groups is 1. The van der Waals surface area contributed by atoms with E-state index in [1.807, 2.05) is 50.2 Å². The molecule has 1 aliphatic rings. The van der Waals surface area contributed by atoms with Crippen molar-refractivity contribution in [3.63, 3.8) is 0 Å². The zero-order valence-corrected chi connectivity index (χ0v) is 19.8. The topological polar surface area (TPSA) is 76.1 Å². The van der Waals surface area contributed by atoms with E-state index in [-0.39, 0.29) is 12.3 Å². The van der Waals surface area contributed by atoms with E-state index in [1.54, 1.807) is 13.2 Å². The molecule has 32 heavy (non-hydrogen) atoms. The van der Waals surface area contributed by atoms with Crippen LogP contribution in [0.5, 0.6) is 11.5 Å². The summed E-state index contributed by atoms with van der Waals surface area (Å²) in [5.41, 5.74) is 3.82. The monoisotopic (exact) mass is 471 g/mol. The van der Waals surface area contributed by atoms with Gasteiger partial charge in [-0.2, -0.15) is 0 Å². The molecular weight excluding hydrogens is 446 g/mol. The highest BCUT2D eigenvalue weighted by Gasteiger charge is 2.31. The lowest BCUT2D eigenvalue weighted by Crippen LogP contribution is -2.29. The minimum atomic E-state index is -0.889. The van der Waals surface area contributed by atoms with Crippen LogP contribution in [0.25, 0.3) is 6.08 Å². The van der Waals surface area contributed by atoms with E-state index in [0.717, 1.165) is 28.0 Å². The van der Waals surface area contributed by atoms with Gasteiger partial charge in [0.15, 0.2) is 0 Å². The van der Waals surface area contributed by atoms with Crippen LogP contribution < -0.4 is 9.47 Å². The van der Waals surface area contributed by atoms with Crippen LogP contribution >= 0.6 is 24.0 Å². The van der Waals surface area contributed by atoms with Crippen molar-refractivity contribution < 1.29 is 24.2 Å². The number of ether oxygens (including phenoxy) is 2. The van der Waals surface area contributed by atoms with Crippen LogP contribution in [0.1, 0.15) is 35.1 Å². The average Bonchev–Trinajstić information content (AvgIpc) is 3.00. The minimum absolute atomic E-state index is 0.00168. The third kappa shape index (κ3) is 5.69. The van der Waals surface area contributed by atoms with Crippen LogP contribution in [-0.4, -0.2) is 39.9 Å². The molecule has 0 radical (unpaired) electrons. The maximum absolute atomic E-state index is 12.7. The number of methoxy groups -OCH3 is 1. The van der Waals surface area contributed by atoms with E-state index in [9.17, 15) is 9.59 Å². The Morgan fingerprint density at radius 3 is 2.59 bits per heavy atom. The zero-order chi connectivity index (χ0) is 23.3. The summed E-state index contributed by atoms with van der Waals surface area (Å²) < 4.78 is 12.0. The molecule has 1 N–H and O–H groups in total. The number of nitrogens with zero attached hydrogens (tertiary/aromatic N) is 1. The molecule has 0 bridgehead atoms. The molecule has 0 spiro atoms. The summed E-state index contributed by atoms with van der Waals surface area (Å²) in [4.78, 5) is 25.4. The van der Waals surface area contributed by atoms with E-state index >= 15 is 0 Å². The number of carboxylic acids is 1. The van der Waals surface area contributed by atoms with Gasteiger partial charge in [0.1, 0.15) is 22.4 Å². The van der Waals surface area contributed by atoms with Gasteiger partial charge in [0, 0.05) is 18.5 Å². The van der Waals surface area contributed by atoms with Gasteiger partial charge in [-0.05, 0) is 55.2 Å². The summed E-state index contributed by atoms with van der Waals surface area (Å²) in [6.45, 7) is 4.64. The molecule has 0 aromatic heterocycles. The van der Waals surface area contributed by atoms with Crippen LogP contribution in [0, 0.1) is 13.8 Å². The first-order chi connectivity index (χ1) is 15.3. The molecule has 3 rings (SSSR count). The molecule has 1 aliphatic heterocycles. The van der Waals surface area contributed by atoms with E-state index in [1.165, 1.54) is 16.7 Å². The van der Waals surface area contributed by atoms with Crippen molar-refractivity contribution in [3.05, 3.63) is 63.6 Å². The van der Waals surface area contributed by atoms with Gasteiger partial charge >= 0.3 is 5.97 Å². The van der Waals surface area contributed by atoms with Crippen LogP contribution in [0.3, 0.4) is 0 Å². The standard InChI is InChI=1S/C24H25NO5S2/c1-15-6-4-7-16(2)22(15)30-14-18-12-17(9-10-19(18)29-3)13-20-23(28)25(24(31)32-20)11-5-8-21(26)27/h4,6-7,9-10,12-13H,5,8,11,14H2,1-3H3,(H,26,27)/b20-13-. The minimum Gasteiger partial charge on any atom is -0.496 e. The number of carbonyl (C=O) groups is 2. The van der Waals surface area contributed by atoms with Gasteiger partial charge in [-0.3, -0.25) is 14.5 Å². The summed E-state index contributed by atoms with van der Waals surface area (Å²) in [7, 11) is 1.61. The fourth-order valence-corrected chi connectivity index (χ4v) is 4.72. The van der Waals surface area contributed by atoms with Gasteiger partial charge in [0.25, 0.3) is 5.91 Å². The molecule has 2 aromatic rings. The Morgan fingerprint density at radius 1 is 1.22 bits per heavy atom. The van der Waals surface area contributed by atoms with Crippen molar-refractivity contribution in [2.24, 2.45) is 0 Å². The van der Waals surface area contributed by atoms with Gasteiger partial charge < -0.3 is 14.6 Å². The van der Waals surface area contributed by atoms with Crippen LogP contribution in [-0.2, 0) is 16.2 Å². The summed E-state index contributed by atoms with van der Waals surface area (Å²) >= 11 is 6.54. The molecule has 1 heterocycles. The fourth-order valence-electron chi connectivity index (χ4n) is 3.41. The predicted octanol–water partition coefficient (Wildman–Crippen LogP) is 4.96. The number of aryl methyl sites for hydroxylation is 2. The number of hydrogen-bond donors (Lipinski definition) is 1. The lowest BCUT2D eigenvalue weighted by atomic mass is 10.1. The van der Waals surface area contributed by atoms with Crippen LogP contribution in [0.4, 0.5) is 0 Å². The Morgan fingerprint density at radius 2 is 1.94 bits per heavy atom. The molecule has 0 unspecified atom stereocenters. The first kappa shape index (κ1) is 23.8. The average molecular weight is 472 g/mol. The number of aliphatic carboxylic acids is 1. The number of amides is 1. The van der Waals surface area contributed by atoms with Crippen molar-refractivity contribution in [1.29, 1.82) is 0 Å². The molecule has 2 aromatic carbocycles. The predicted molar refractivity (Wildman–Crippen MR) is 130 cm³/mol. The SMILES string of the molecule is COc1ccc(/C=C2\SC(=S)N(CCCC(=O)O)C2=O)cc1COc1c(C)cccc1C. The smallest absolute Gasteiger partial charge is 0.303 e. The third-order valence-electron chi connectivity index (χ3n) is 5.03. The Kier molecular flexibility index (Phi) is 7.93. The summed E-state index contributed by atoms with van der Waals surface area (Å²) in [6.07, 6.45) is 2.15. The molecule has 1 saturated heterocycles. The number of rotatable bonds is 9. The Bertz CT molecular complexity index is 1060. The molecule has 6 nitrogen and oxygen atoms in total. The largest absolute Gasteiger partial charge is 0.496 e. The van der Waals surface area contributed by atoms with Crippen molar-refractivity contribution in [3.8, 4) is 11.5 Å². The second kappa shape index (κ2) is 10.7. The number of hydrogen-bond acceptors (Lipinski definition) is 6. The number of para-hydroxylation sites is 1. The Labute approximate surface area is 197 Å². The zero-order valence-electron chi connectivity index (χ0n) is 18.2. The van der Waals surface area contributed by atoms with E-state index in [0.29, 0.717) is 34.5 Å². The van der Waals surface area contributed by atoms with Gasteiger partial charge in [-0.15, -0.1) is 0 Å². The molecule has 168 valence electrons. The number of carbonyl (C=O) groups excluding carboxylic acids is 1. The molecule has 0 aliphatic carbocycles. The molecule has 8 heteroatoms. The first-order valence-corrected chi connectivity index (χ1v) is 11.4. The van der Waals surface area contributed by atoms with Crippen molar-refractivity contribution in [2.45, 2.75) is 33.3 Å². The molecule has 0 saturated carbocycles. The molecule has 1 fully saturated rings. The van der Waals surface area contributed by atoms with Crippen molar-refractivity contribution in [2.75, 3.05) is 13.7 Å². The second-order valence-corrected chi connectivity index (χ2v) is 9.09. The molecular formula is C24H25NO5S2. The highest BCUT2D eigenvalue weighted by atomic mass is 32.2. The third-order valence-corrected chi connectivity index (χ3v) is 6.41. The highest BCUT2D eigenvalue weighted by molar-refractivity contribution is 8.26. The Hall–Kier alpha value is -2.84. The summed E-state index contributed by atoms with van der Waals surface area (Å²) in [6, 6.07) is 11.7. The van der Waals surface area contributed by atoms with Crippen LogP contribution in [0.2, 0.25) is 0 Å². The van der Waals surface area contributed by atoms with Crippen molar-refractivity contribution in [1.82, 2.24) is 4.90 Å². The number of thiocarbonyl (C=S) groups is 1. The van der Waals surface area contributed by atoms with E-state index < -0.39 is 5.97 Å². The normalized spacial score (nSPS) is 14.8. The highest BCUT2D eigenvalue weighted by Crippen LogP contribution is 2.34. The van der Waals surface area contributed by atoms with E-state index in [2.05, 4.69) is 0 Å². The van der Waals surface area contributed by atoms with Gasteiger partial charge in [-0.1, -0.05) is 48.2 Å².